The van der Waals surface area contributed by atoms with Crippen molar-refractivity contribution in [2.24, 2.45) is 0 Å². The van der Waals surface area contributed by atoms with Crippen molar-refractivity contribution in [2.45, 2.75) is 23.8 Å². The Hall–Kier alpha value is -1.20. The van der Waals surface area contributed by atoms with Gasteiger partial charge in [-0.3, -0.25) is 4.57 Å². The van der Waals surface area contributed by atoms with E-state index < -0.39 is 0 Å². The number of fused-ring (bicyclic) bond motifs is 1. The Bertz CT molecular complexity index is 595. The van der Waals surface area contributed by atoms with Crippen molar-refractivity contribution >= 4 is 23.7 Å². The van der Waals surface area contributed by atoms with E-state index >= 15 is 0 Å². The molecular formula is C12H15N3OS. The van der Waals surface area contributed by atoms with E-state index in [0.717, 1.165) is 41.9 Å². The van der Waals surface area contributed by atoms with Gasteiger partial charge in [-0.1, -0.05) is 0 Å². The first kappa shape index (κ1) is 10.9. The van der Waals surface area contributed by atoms with Gasteiger partial charge in [-0.25, -0.2) is 4.79 Å². The van der Waals surface area contributed by atoms with E-state index in [-0.39, 0.29) is 5.69 Å². The molecule has 0 spiro atoms. The molecule has 1 saturated heterocycles. The lowest BCUT2D eigenvalue weighted by Gasteiger charge is -2.23. The van der Waals surface area contributed by atoms with Crippen LogP contribution in [0.3, 0.4) is 0 Å². The number of rotatable bonds is 1. The van der Waals surface area contributed by atoms with Gasteiger partial charge in [0.1, 0.15) is 0 Å². The van der Waals surface area contributed by atoms with Crippen LogP contribution in [0.5, 0.6) is 0 Å². The largest absolute Gasteiger partial charge is 0.326 e. The molecule has 17 heavy (non-hydrogen) atoms. The van der Waals surface area contributed by atoms with E-state index in [9.17, 15) is 4.79 Å². The first-order chi connectivity index (χ1) is 8.25. The van der Waals surface area contributed by atoms with E-state index in [0.29, 0.717) is 6.04 Å². The molecule has 4 nitrogen and oxygen atoms in total. The fourth-order valence-corrected chi connectivity index (χ4v) is 2.73. The van der Waals surface area contributed by atoms with Crippen LogP contribution >= 0.6 is 12.6 Å². The number of nitrogens with one attached hydrogen (secondary N) is 2. The van der Waals surface area contributed by atoms with Crippen LogP contribution in [-0.2, 0) is 0 Å². The van der Waals surface area contributed by atoms with E-state index in [2.05, 4.69) is 22.9 Å². The fourth-order valence-electron chi connectivity index (χ4n) is 2.54. The number of piperidine rings is 1. The normalized spacial score (nSPS) is 17.7. The maximum atomic E-state index is 12.0. The summed E-state index contributed by atoms with van der Waals surface area (Å²) in [5.74, 6) is 0. The van der Waals surface area contributed by atoms with Gasteiger partial charge < -0.3 is 10.3 Å². The third-order valence-corrected chi connectivity index (χ3v) is 3.65. The highest BCUT2D eigenvalue weighted by atomic mass is 32.1. The predicted octanol–water partition coefficient (Wildman–Crippen LogP) is 1.54. The topological polar surface area (TPSA) is 49.8 Å². The molecule has 0 aliphatic carbocycles. The molecule has 2 aromatic rings. The van der Waals surface area contributed by atoms with Crippen molar-refractivity contribution in [1.82, 2.24) is 14.9 Å². The number of aromatic nitrogens is 2. The zero-order valence-electron chi connectivity index (χ0n) is 9.44. The molecule has 2 N–H and O–H groups in total. The molecule has 90 valence electrons. The maximum absolute atomic E-state index is 12.0. The maximum Gasteiger partial charge on any atom is 0.326 e. The average molecular weight is 249 g/mol. The Morgan fingerprint density at radius 3 is 2.82 bits per heavy atom. The molecule has 1 aliphatic rings. The minimum Gasteiger partial charge on any atom is -0.317 e. The van der Waals surface area contributed by atoms with Crippen molar-refractivity contribution in [2.75, 3.05) is 13.1 Å². The average Bonchev–Trinajstić information content (AvgIpc) is 2.65. The molecule has 0 saturated carbocycles. The number of imidazole rings is 1. The predicted molar refractivity (Wildman–Crippen MR) is 71.0 cm³/mol. The SMILES string of the molecule is O=c1[nH]c2ccc(S)cc2n1C1CCNCC1. The summed E-state index contributed by atoms with van der Waals surface area (Å²) in [6.07, 6.45) is 2.01. The van der Waals surface area contributed by atoms with Gasteiger partial charge >= 0.3 is 5.69 Å². The van der Waals surface area contributed by atoms with Crippen LogP contribution in [0.1, 0.15) is 18.9 Å². The summed E-state index contributed by atoms with van der Waals surface area (Å²) in [5, 5.41) is 3.31. The van der Waals surface area contributed by atoms with Crippen molar-refractivity contribution in [3.8, 4) is 0 Å². The minimum absolute atomic E-state index is 0.00849. The summed E-state index contributed by atoms with van der Waals surface area (Å²) < 4.78 is 1.88. The van der Waals surface area contributed by atoms with Gasteiger partial charge in [-0.2, -0.15) is 0 Å². The lowest BCUT2D eigenvalue weighted by atomic mass is 10.1. The third-order valence-electron chi connectivity index (χ3n) is 3.38. The smallest absolute Gasteiger partial charge is 0.317 e. The molecule has 2 heterocycles. The number of aromatic amines is 1. The molecule has 1 aromatic carbocycles. The first-order valence-electron chi connectivity index (χ1n) is 5.89. The molecular weight excluding hydrogens is 234 g/mol. The molecule has 1 fully saturated rings. The molecule has 0 unspecified atom stereocenters. The molecule has 5 heteroatoms. The molecule has 0 atom stereocenters. The van der Waals surface area contributed by atoms with E-state index in [1.165, 1.54) is 0 Å². The van der Waals surface area contributed by atoms with Crippen molar-refractivity contribution < 1.29 is 0 Å². The van der Waals surface area contributed by atoms with Gasteiger partial charge in [0.15, 0.2) is 0 Å². The number of thiol groups is 1. The zero-order valence-corrected chi connectivity index (χ0v) is 10.3. The molecule has 0 bridgehead atoms. The summed E-state index contributed by atoms with van der Waals surface area (Å²) in [5.41, 5.74) is 1.85. The molecule has 3 rings (SSSR count). The molecule has 0 radical (unpaired) electrons. The van der Waals surface area contributed by atoms with Crippen molar-refractivity contribution in [1.29, 1.82) is 0 Å². The van der Waals surface area contributed by atoms with Crippen LogP contribution in [0.25, 0.3) is 11.0 Å². The number of hydrogen-bond acceptors (Lipinski definition) is 3. The van der Waals surface area contributed by atoms with E-state index in [1.807, 2.05) is 22.8 Å². The second-order valence-electron chi connectivity index (χ2n) is 4.48. The van der Waals surface area contributed by atoms with Gasteiger partial charge in [0.2, 0.25) is 0 Å². The molecule has 1 aliphatic heterocycles. The number of benzene rings is 1. The van der Waals surface area contributed by atoms with Crippen LogP contribution < -0.4 is 11.0 Å². The number of hydrogen-bond donors (Lipinski definition) is 3. The quantitative estimate of drug-likeness (QED) is 0.672. The van der Waals surface area contributed by atoms with E-state index in [1.54, 1.807) is 0 Å². The van der Waals surface area contributed by atoms with E-state index in [4.69, 9.17) is 0 Å². The standard InChI is InChI=1S/C12H15N3OS/c16-12-14-10-2-1-9(17)7-11(10)15(12)8-3-5-13-6-4-8/h1-2,7-8,13,17H,3-6H2,(H,14,16). The second-order valence-corrected chi connectivity index (χ2v) is 5.00. The summed E-state index contributed by atoms with van der Waals surface area (Å²) in [7, 11) is 0. The Morgan fingerprint density at radius 1 is 1.29 bits per heavy atom. The highest BCUT2D eigenvalue weighted by molar-refractivity contribution is 7.80. The second kappa shape index (κ2) is 4.23. The minimum atomic E-state index is -0.00849. The van der Waals surface area contributed by atoms with Crippen LogP contribution in [0.2, 0.25) is 0 Å². The van der Waals surface area contributed by atoms with Gasteiger partial charge in [-0.15, -0.1) is 12.6 Å². The lowest BCUT2D eigenvalue weighted by molar-refractivity contribution is 0.368. The highest BCUT2D eigenvalue weighted by Crippen LogP contribution is 2.23. The Labute approximate surface area is 104 Å². The number of H-pyrrole nitrogens is 1. The van der Waals surface area contributed by atoms with Crippen LogP contribution in [0.15, 0.2) is 27.9 Å². The fraction of sp³-hybridized carbons (Fsp3) is 0.417. The molecule has 0 amide bonds. The lowest BCUT2D eigenvalue weighted by Crippen LogP contribution is -2.33. The Morgan fingerprint density at radius 2 is 2.06 bits per heavy atom. The van der Waals surface area contributed by atoms with Crippen molar-refractivity contribution in [3.05, 3.63) is 28.7 Å². The monoisotopic (exact) mass is 249 g/mol. The Kier molecular flexibility index (Phi) is 2.72. The Balaban J connectivity index is 2.16. The summed E-state index contributed by atoms with van der Waals surface area (Å²) in [6.45, 7) is 1.95. The summed E-state index contributed by atoms with van der Waals surface area (Å²) in [4.78, 5) is 15.8. The highest BCUT2D eigenvalue weighted by Gasteiger charge is 2.19. The van der Waals surface area contributed by atoms with Gasteiger partial charge in [0.05, 0.1) is 11.0 Å². The van der Waals surface area contributed by atoms with Gasteiger partial charge in [0, 0.05) is 10.9 Å². The third kappa shape index (κ3) is 1.89. The zero-order chi connectivity index (χ0) is 11.8. The van der Waals surface area contributed by atoms with Crippen LogP contribution in [0, 0.1) is 0 Å². The van der Waals surface area contributed by atoms with Gasteiger partial charge in [-0.05, 0) is 44.1 Å². The van der Waals surface area contributed by atoms with Crippen molar-refractivity contribution in [3.63, 3.8) is 0 Å². The first-order valence-corrected chi connectivity index (χ1v) is 6.34. The van der Waals surface area contributed by atoms with Crippen LogP contribution in [-0.4, -0.2) is 22.6 Å². The van der Waals surface area contributed by atoms with Gasteiger partial charge in [0.25, 0.3) is 0 Å². The summed E-state index contributed by atoms with van der Waals surface area (Å²) >= 11 is 4.34. The summed E-state index contributed by atoms with van der Waals surface area (Å²) in [6, 6.07) is 6.07. The van der Waals surface area contributed by atoms with Crippen LogP contribution in [0.4, 0.5) is 0 Å². The molecule has 1 aromatic heterocycles. The number of nitrogens with zero attached hydrogens (tertiary/aromatic N) is 1.